The minimum Gasteiger partial charge on any atom is -0.296 e. The molecule has 0 bridgehead atoms. The number of fused-ring (bicyclic) bond motifs is 1. The maximum atomic E-state index is 12.7. The van der Waals surface area contributed by atoms with Crippen LogP contribution in [0.4, 0.5) is 5.13 Å². The van der Waals surface area contributed by atoms with E-state index in [2.05, 4.69) is 27.6 Å². The van der Waals surface area contributed by atoms with E-state index in [0.29, 0.717) is 10.7 Å². The maximum absolute atomic E-state index is 12.7. The molecule has 4 rings (SSSR count). The van der Waals surface area contributed by atoms with Gasteiger partial charge in [-0.15, -0.1) is 22.0 Å². The standard InChI is InChI=1S/C21H17N3OS2/c25-20(18-12-6-10-16-9-4-5-11-17(16)18)22-21-24-23-19(27-21)14-26-13-15-7-2-1-3-8-15/h1-12H,13-14H2,(H,22,24,25). The number of carbonyl (C=O) groups excluding carboxylic acids is 1. The normalized spacial score (nSPS) is 10.8. The molecule has 4 aromatic rings. The molecule has 1 heterocycles. The van der Waals surface area contributed by atoms with Crippen LogP contribution in [-0.2, 0) is 11.5 Å². The number of nitrogens with zero attached hydrogens (tertiary/aromatic N) is 2. The van der Waals surface area contributed by atoms with Gasteiger partial charge in [0.15, 0.2) is 0 Å². The third kappa shape index (κ3) is 4.35. The Morgan fingerprint density at radius 1 is 0.889 bits per heavy atom. The molecular formula is C21H17N3OS2. The third-order valence-electron chi connectivity index (χ3n) is 4.06. The summed E-state index contributed by atoms with van der Waals surface area (Å²) in [4.78, 5) is 12.7. The summed E-state index contributed by atoms with van der Waals surface area (Å²) in [6, 6.07) is 23.9. The highest BCUT2D eigenvalue weighted by Gasteiger charge is 2.13. The van der Waals surface area contributed by atoms with Gasteiger partial charge in [-0.25, -0.2) is 0 Å². The zero-order valence-corrected chi connectivity index (χ0v) is 16.1. The number of amides is 1. The van der Waals surface area contributed by atoms with Gasteiger partial charge >= 0.3 is 0 Å². The van der Waals surface area contributed by atoms with Crippen LogP contribution >= 0.6 is 23.1 Å². The predicted molar refractivity (Wildman–Crippen MR) is 113 cm³/mol. The fraction of sp³-hybridized carbons (Fsp3) is 0.0952. The van der Waals surface area contributed by atoms with Crippen LogP contribution in [-0.4, -0.2) is 16.1 Å². The molecule has 1 amide bonds. The summed E-state index contributed by atoms with van der Waals surface area (Å²) in [6.45, 7) is 0. The molecule has 1 aromatic heterocycles. The Morgan fingerprint density at radius 2 is 1.67 bits per heavy atom. The fourth-order valence-electron chi connectivity index (χ4n) is 2.78. The van der Waals surface area contributed by atoms with E-state index in [9.17, 15) is 4.79 Å². The van der Waals surface area contributed by atoms with Crippen LogP contribution < -0.4 is 5.32 Å². The van der Waals surface area contributed by atoms with Gasteiger partial charge in [0, 0.05) is 17.1 Å². The average Bonchev–Trinajstić information content (AvgIpc) is 3.15. The summed E-state index contributed by atoms with van der Waals surface area (Å²) in [6.07, 6.45) is 0. The van der Waals surface area contributed by atoms with Crippen LogP contribution in [0.15, 0.2) is 72.8 Å². The molecular weight excluding hydrogens is 374 g/mol. The monoisotopic (exact) mass is 391 g/mol. The molecule has 0 aliphatic rings. The second kappa shape index (κ2) is 8.33. The highest BCUT2D eigenvalue weighted by molar-refractivity contribution is 7.97. The molecule has 0 radical (unpaired) electrons. The van der Waals surface area contributed by atoms with E-state index in [0.717, 1.165) is 27.3 Å². The zero-order valence-electron chi connectivity index (χ0n) is 14.5. The topological polar surface area (TPSA) is 54.9 Å². The highest BCUT2D eigenvalue weighted by atomic mass is 32.2. The number of hydrogen-bond acceptors (Lipinski definition) is 5. The molecule has 0 spiro atoms. The van der Waals surface area contributed by atoms with Gasteiger partial charge in [0.1, 0.15) is 5.01 Å². The lowest BCUT2D eigenvalue weighted by molar-refractivity contribution is 0.102. The second-order valence-corrected chi connectivity index (χ2v) is 8.01. The maximum Gasteiger partial charge on any atom is 0.258 e. The molecule has 1 N–H and O–H groups in total. The lowest BCUT2D eigenvalue weighted by Gasteiger charge is -2.05. The number of anilines is 1. The minimum absolute atomic E-state index is 0.161. The van der Waals surface area contributed by atoms with Crippen molar-refractivity contribution in [1.29, 1.82) is 0 Å². The number of rotatable bonds is 6. The van der Waals surface area contributed by atoms with E-state index >= 15 is 0 Å². The van der Waals surface area contributed by atoms with E-state index in [-0.39, 0.29) is 5.91 Å². The van der Waals surface area contributed by atoms with E-state index < -0.39 is 0 Å². The first-order valence-electron chi connectivity index (χ1n) is 8.53. The van der Waals surface area contributed by atoms with Gasteiger partial charge in [0.25, 0.3) is 5.91 Å². The molecule has 3 aromatic carbocycles. The van der Waals surface area contributed by atoms with Crippen molar-refractivity contribution < 1.29 is 4.79 Å². The molecule has 6 heteroatoms. The number of hydrogen-bond donors (Lipinski definition) is 1. The van der Waals surface area contributed by atoms with Crippen LogP contribution in [0.2, 0.25) is 0 Å². The number of nitrogens with one attached hydrogen (secondary N) is 1. The van der Waals surface area contributed by atoms with Crippen molar-refractivity contribution in [2.75, 3.05) is 5.32 Å². The van der Waals surface area contributed by atoms with Gasteiger partial charge < -0.3 is 0 Å². The minimum atomic E-state index is -0.161. The first-order valence-corrected chi connectivity index (χ1v) is 10.5. The molecule has 27 heavy (non-hydrogen) atoms. The van der Waals surface area contributed by atoms with Crippen molar-refractivity contribution in [3.8, 4) is 0 Å². The smallest absolute Gasteiger partial charge is 0.258 e. The van der Waals surface area contributed by atoms with Gasteiger partial charge in [0.05, 0.1) is 0 Å². The Morgan fingerprint density at radius 3 is 2.56 bits per heavy atom. The summed E-state index contributed by atoms with van der Waals surface area (Å²) >= 11 is 3.21. The van der Waals surface area contributed by atoms with Crippen LogP contribution in [0, 0.1) is 0 Å². The van der Waals surface area contributed by atoms with Crippen molar-refractivity contribution in [3.05, 3.63) is 88.9 Å². The first kappa shape index (κ1) is 17.7. The molecule has 0 atom stereocenters. The fourth-order valence-corrected chi connectivity index (χ4v) is 4.56. The summed E-state index contributed by atoms with van der Waals surface area (Å²) in [5.41, 5.74) is 1.93. The van der Waals surface area contributed by atoms with E-state index in [4.69, 9.17) is 0 Å². The van der Waals surface area contributed by atoms with Gasteiger partial charge in [0.2, 0.25) is 5.13 Å². The molecule has 0 saturated carbocycles. The molecule has 4 nitrogen and oxygen atoms in total. The molecule has 0 aliphatic carbocycles. The van der Waals surface area contributed by atoms with E-state index in [1.165, 1.54) is 16.9 Å². The Balaban J connectivity index is 1.39. The van der Waals surface area contributed by atoms with Crippen LogP contribution in [0.1, 0.15) is 20.9 Å². The van der Waals surface area contributed by atoms with E-state index in [1.54, 1.807) is 11.8 Å². The number of carbonyl (C=O) groups is 1. The summed E-state index contributed by atoms with van der Waals surface area (Å²) < 4.78 is 0. The molecule has 0 aliphatic heterocycles. The molecule has 0 unspecified atom stereocenters. The Bertz CT molecular complexity index is 1060. The Kier molecular flexibility index (Phi) is 5.46. The number of aromatic nitrogens is 2. The SMILES string of the molecule is O=C(Nc1nnc(CSCc2ccccc2)s1)c1cccc2ccccc12. The van der Waals surface area contributed by atoms with Crippen LogP contribution in [0.5, 0.6) is 0 Å². The van der Waals surface area contributed by atoms with Gasteiger partial charge in [-0.05, 0) is 22.4 Å². The lowest BCUT2D eigenvalue weighted by atomic mass is 10.0. The van der Waals surface area contributed by atoms with Crippen molar-refractivity contribution in [2.24, 2.45) is 0 Å². The zero-order chi connectivity index (χ0) is 18.5. The third-order valence-corrected chi connectivity index (χ3v) is 6.10. The van der Waals surface area contributed by atoms with E-state index in [1.807, 2.05) is 60.7 Å². The lowest BCUT2D eigenvalue weighted by Crippen LogP contribution is -2.12. The first-order chi connectivity index (χ1) is 13.3. The van der Waals surface area contributed by atoms with Crippen molar-refractivity contribution in [2.45, 2.75) is 11.5 Å². The van der Waals surface area contributed by atoms with Gasteiger partial charge in [-0.3, -0.25) is 10.1 Å². The quantitative estimate of drug-likeness (QED) is 0.480. The largest absolute Gasteiger partial charge is 0.296 e. The Hall–Kier alpha value is -2.70. The van der Waals surface area contributed by atoms with Crippen molar-refractivity contribution in [1.82, 2.24) is 10.2 Å². The average molecular weight is 392 g/mol. The highest BCUT2D eigenvalue weighted by Crippen LogP contribution is 2.24. The summed E-state index contributed by atoms with van der Waals surface area (Å²) in [5, 5.41) is 14.6. The molecule has 134 valence electrons. The summed E-state index contributed by atoms with van der Waals surface area (Å²) in [5.74, 6) is 1.54. The van der Waals surface area contributed by atoms with Crippen LogP contribution in [0.25, 0.3) is 10.8 Å². The van der Waals surface area contributed by atoms with Crippen molar-refractivity contribution in [3.63, 3.8) is 0 Å². The van der Waals surface area contributed by atoms with Crippen molar-refractivity contribution >= 4 is 44.9 Å². The Labute approximate surface area is 165 Å². The summed E-state index contributed by atoms with van der Waals surface area (Å²) in [7, 11) is 0. The second-order valence-electron chi connectivity index (χ2n) is 5.96. The molecule has 0 fully saturated rings. The number of benzene rings is 3. The predicted octanol–water partition coefficient (Wildman–Crippen LogP) is 5.38. The van der Waals surface area contributed by atoms with Crippen LogP contribution in [0.3, 0.4) is 0 Å². The molecule has 0 saturated heterocycles. The van der Waals surface area contributed by atoms with Gasteiger partial charge in [-0.2, -0.15) is 0 Å². The number of thioether (sulfide) groups is 1. The van der Waals surface area contributed by atoms with Gasteiger partial charge in [-0.1, -0.05) is 78.1 Å².